The van der Waals surface area contributed by atoms with Crippen LogP contribution in [0.1, 0.15) is 15.9 Å². The second kappa shape index (κ2) is 7.15. The molecule has 0 aliphatic carbocycles. The first-order valence-corrected chi connectivity index (χ1v) is 6.77. The van der Waals surface area contributed by atoms with E-state index < -0.39 is 9.96 Å². The number of carbonyl (C=O) groups is 1. The SMILES string of the molecule is C=CCN[C@@H](NC(=O)c1ccccc1C)C(Cl)(Cl)Cl. The van der Waals surface area contributed by atoms with Crippen molar-refractivity contribution in [1.29, 1.82) is 0 Å². The first-order chi connectivity index (χ1) is 8.86. The minimum absolute atomic E-state index is 0.300. The highest BCUT2D eigenvalue weighted by Crippen LogP contribution is 2.29. The maximum atomic E-state index is 12.1. The Morgan fingerprint density at radius 1 is 1.42 bits per heavy atom. The largest absolute Gasteiger partial charge is 0.333 e. The van der Waals surface area contributed by atoms with Crippen LogP contribution in [0.25, 0.3) is 0 Å². The maximum Gasteiger partial charge on any atom is 0.252 e. The van der Waals surface area contributed by atoms with Crippen LogP contribution in [0.3, 0.4) is 0 Å². The third-order valence-electron chi connectivity index (χ3n) is 2.46. The molecule has 0 radical (unpaired) electrons. The highest BCUT2D eigenvalue weighted by Gasteiger charge is 2.33. The van der Waals surface area contributed by atoms with Crippen molar-refractivity contribution in [3.63, 3.8) is 0 Å². The molecule has 3 nitrogen and oxygen atoms in total. The van der Waals surface area contributed by atoms with Gasteiger partial charge in [0.2, 0.25) is 3.79 Å². The lowest BCUT2D eigenvalue weighted by Crippen LogP contribution is -2.53. The molecular weight excluding hydrogens is 307 g/mol. The number of aryl methyl sites for hydroxylation is 1. The number of benzene rings is 1. The summed E-state index contributed by atoms with van der Waals surface area (Å²) in [5.74, 6) is -0.300. The molecule has 0 aliphatic heterocycles. The molecule has 104 valence electrons. The van der Waals surface area contributed by atoms with Crippen molar-refractivity contribution in [1.82, 2.24) is 10.6 Å². The van der Waals surface area contributed by atoms with E-state index in [1.54, 1.807) is 18.2 Å². The number of rotatable bonds is 5. The number of amides is 1. The Morgan fingerprint density at radius 3 is 2.58 bits per heavy atom. The van der Waals surface area contributed by atoms with Crippen molar-refractivity contribution in [2.45, 2.75) is 16.9 Å². The van der Waals surface area contributed by atoms with Crippen molar-refractivity contribution in [3.8, 4) is 0 Å². The van der Waals surface area contributed by atoms with Gasteiger partial charge in [0.05, 0.1) is 0 Å². The van der Waals surface area contributed by atoms with E-state index in [1.807, 2.05) is 19.1 Å². The first-order valence-electron chi connectivity index (χ1n) is 5.63. The van der Waals surface area contributed by atoms with Gasteiger partial charge in [0, 0.05) is 12.1 Å². The predicted molar refractivity (Wildman–Crippen MR) is 80.9 cm³/mol. The summed E-state index contributed by atoms with van der Waals surface area (Å²) < 4.78 is -1.65. The molecule has 0 saturated heterocycles. The maximum absolute atomic E-state index is 12.1. The van der Waals surface area contributed by atoms with Gasteiger partial charge in [0.15, 0.2) is 0 Å². The van der Waals surface area contributed by atoms with E-state index >= 15 is 0 Å². The molecular formula is C13H15Cl3N2O. The number of nitrogens with one attached hydrogen (secondary N) is 2. The molecule has 6 heteroatoms. The van der Waals surface area contributed by atoms with Crippen LogP contribution in [-0.4, -0.2) is 22.4 Å². The molecule has 0 aromatic heterocycles. The molecule has 0 aliphatic rings. The van der Waals surface area contributed by atoms with Gasteiger partial charge in [-0.2, -0.15) is 0 Å². The van der Waals surface area contributed by atoms with Crippen molar-refractivity contribution >= 4 is 40.7 Å². The normalized spacial score (nSPS) is 12.8. The van der Waals surface area contributed by atoms with E-state index in [0.29, 0.717) is 12.1 Å². The van der Waals surface area contributed by atoms with Crippen LogP contribution < -0.4 is 10.6 Å². The Kier molecular flexibility index (Phi) is 6.14. The van der Waals surface area contributed by atoms with Crippen molar-refractivity contribution < 1.29 is 4.79 Å². The van der Waals surface area contributed by atoms with E-state index in [4.69, 9.17) is 34.8 Å². The Hall–Kier alpha value is -0.740. The Labute approximate surface area is 127 Å². The van der Waals surface area contributed by atoms with E-state index in [2.05, 4.69) is 17.2 Å². The standard InChI is InChI=1S/C13H15Cl3N2O/c1-3-8-17-12(13(14,15)16)18-11(19)10-7-5-4-6-9(10)2/h3-7,12,17H,1,8H2,2H3,(H,18,19)/t12-/m0/s1. The third-order valence-corrected chi connectivity index (χ3v) is 3.11. The molecule has 0 saturated carbocycles. The molecule has 2 N–H and O–H groups in total. The average Bonchev–Trinajstić information content (AvgIpc) is 2.33. The molecule has 1 aromatic carbocycles. The number of halogens is 3. The lowest BCUT2D eigenvalue weighted by molar-refractivity contribution is 0.0930. The number of hydrogen-bond acceptors (Lipinski definition) is 2. The minimum atomic E-state index is -1.65. The van der Waals surface area contributed by atoms with Crippen LogP contribution in [0.2, 0.25) is 0 Å². The van der Waals surface area contributed by atoms with Crippen LogP contribution in [0.4, 0.5) is 0 Å². The van der Waals surface area contributed by atoms with Crippen LogP contribution in [0.15, 0.2) is 36.9 Å². The van der Waals surface area contributed by atoms with E-state index in [1.165, 1.54) is 0 Å². The lowest BCUT2D eigenvalue weighted by atomic mass is 10.1. The van der Waals surface area contributed by atoms with Gasteiger partial charge >= 0.3 is 0 Å². The molecule has 0 fully saturated rings. The van der Waals surface area contributed by atoms with Crippen molar-refractivity contribution in [2.24, 2.45) is 0 Å². The number of alkyl halides is 3. The van der Waals surface area contributed by atoms with Gasteiger partial charge in [-0.3, -0.25) is 10.1 Å². The quantitative estimate of drug-likeness (QED) is 0.497. The Morgan fingerprint density at radius 2 is 2.05 bits per heavy atom. The van der Waals surface area contributed by atoms with Crippen LogP contribution in [-0.2, 0) is 0 Å². The van der Waals surface area contributed by atoms with Gasteiger partial charge in [-0.1, -0.05) is 59.1 Å². The minimum Gasteiger partial charge on any atom is -0.333 e. The molecule has 0 unspecified atom stereocenters. The zero-order valence-electron chi connectivity index (χ0n) is 10.4. The van der Waals surface area contributed by atoms with Gasteiger partial charge in [-0.05, 0) is 18.6 Å². The van der Waals surface area contributed by atoms with Crippen LogP contribution in [0, 0.1) is 6.92 Å². The molecule has 0 heterocycles. The predicted octanol–water partition coefficient (Wildman–Crippen LogP) is 3.20. The fourth-order valence-electron chi connectivity index (χ4n) is 1.49. The van der Waals surface area contributed by atoms with Crippen molar-refractivity contribution in [3.05, 3.63) is 48.0 Å². The molecule has 19 heavy (non-hydrogen) atoms. The second-order valence-electron chi connectivity index (χ2n) is 3.96. The van der Waals surface area contributed by atoms with E-state index in [9.17, 15) is 4.79 Å². The number of carbonyl (C=O) groups excluding carboxylic acids is 1. The molecule has 0 spiro atoms. The molecule has 0 bridgehead atoms. The lowest BCUT2D eigenvalue weighted by Gasteiger charge is -2.26. The summed E-state index contributed by atoms with van der Waals surface area (Å²) >= 11 is 17.5. The summed E-state index contributed by atoms with van der Waals surface area (Å²) in [4.78, 5) is 12.1. The zero-order chi connectivity index (χ0) is 14.5. The summed E-state index contributed by atoms with van der Waals surface area (Å²) in [6, 6.07) is 7.20. The van der Waals surface area contributed by atoms with Gasteiger partial charge < -0.3 is 5.32 Å². The summed E-state index contributed by atoms with van der Waals surface area (Å²) in [7, 11) is 0. The van der Waals surface area contributed by atoms with Gasteiger partial charge in [-0.15, -0.1) is 6.58 Å². The second-order valence-corrected chi connectivity index (χ2v) is 6.33. The average molecular weight is 322 g/mol. The third kappa shape index (κ3) is 5.03. The highest BCUT2D eigenvalue weighted by molar-refractivity contribution is 6.68. The summed E-state index contributed by atoms with van der Waals surface area (Å²) in [6.07, 6.45) is 0.811. The van der Waals surface area contributed by atoms with Crippen molar-refractivity contribution in [2.75, 3.05) is 6.54 Å². The summed E-state index contributed by atoms with van der Waals surface area (Å²) in [5, 5.41) is 5.54. The zero-order valence-corrected chi connectivity index (χ0v) is 12.7. The van der Waals surface area contributed by atoms with Crippen LogP contribution in [0.5, 0.6) is 0 Å². The smallest absolute Gasteiger partial charge is 0.252 e. The summed E-state index contributed by atoms with van der Waals surface area (Å²) in [6.45, 7) is 5.81. The first kappa shape index (κ1) is 16.3. The fourth-order valence-corrected chi connectivity index (χ4v) is 1.88. The monoisotopic (exact) mass is 320 g/mol. The van der Waals surface area contributed by atoms with E-state index in [0.717, 1.165) is 5.56 Å². The van der Waals surface area contributed by atoms with Gasteiger partial charge in [0.25, 0.3) is 5.91 Å². The molecule has 1 atom stereocenters. The van der Waals surface area contributed by atoms with Gasteiger partial charge in [-0.25, -0.2) is 0 Å². The fraction of sp³-hybridized carbons (Fsp3) is 0.308. The molecule has 1 rings (SSSR count). The Balaban J connectivity index is 2.82. The molecule has 1 amide bonds. The number of hydrogen-bond donors (Lipinski definition) is 2. The molecule has 1 aromatic rings. The Bertz CT molecular complexity index is 457. The summed E-state index contributed by atoms with van der Waals surface area (Å²) in [5.41, 5.74) is 1.40. The van der Waals surface area contributed by atoms with E-state index in [-0.39, 0.29) is 5.91 Å². The van der Waals surface area contributed by atoms with Crippen LogP contribution >= 0.6 is 34.8 Å². The van der Waals surface area contributed by atoms with Gasteiger partial charge in [0.1, 0.15) is 6.17 Å². The highest BCUT2D eigenvalue weighted by atomic mass is 35.6. The topological polar surface area (TPSA) is 41.1 Å².